The molecule has 1 heterocycles. The number of amides is 5. The predicted molar refractivity (Wildman–Crippen MR) is 199 cm³/mol. The number of ether oxygens (including phenoxy) is 3. The highest BCUT2D eigenvalue weighted by Gasteiger charge is 2.46. The lowest BCUT2D eigenvalue weighted by Gasteiger charge is -2.41. The number of carbonyl (C=O) groups is 6. The molecule has 0 radical (unpaired) electrons. The monoisotopic (exact) mass is 746 g/mol. The SMILES string of the molecule is COC(=O)C1(NC(=O)OC(C)(C)C)CCN(C(=O)[C@@H](CCCCNC(=O)OC(C)(C)C)NC(=O)[C@@H](CC(C)C)NC(=O)[C@H](N)Cc2ccccc2)CC1. The van der Waals surface area contributed by atoms with Crippen molar-refractivity contribution in [3.63, 3.8) is 0 Å². The summed E-state index contributed by atoms with van der Waals surface area (Å²) < 4.78 is 15.7. The van der Waals surface area contributed by atoms with Crippen molar-refractivity contribution in [1.29, 1.82) is 0 Å². The third-order valence-corrected chi connectivity index (χ3v) is 8.42. The zero-order valence-corrected chi connectivity index (χ0v) is 33.0. The Morgan fingerprint density at radius 3 is 1.94 bits per heavy atom. The number of methoxy groups -OCH3 is 1. The molecule has 6 N–H and O–H groups in total. The van der Waals surface area contributed by atoms with E-state index in [1.165, 1.54) is 12.0 Å². The fourth-order valence-electron chi connectivity index (χ4n) is 5.85. The highest BCUT2D eigenvalue weighted by molar-refractivity contribution is 5.93. The predicted octanol–water partition coefficient (Wildman–Crippen LogP) is 3.33. The molecule has 15 nitrogen and oxygen atoms in total. The molecule has 1 aromatic carbocycles. The van der Waals surface area contributed by atoms with Crippen LogP contribution in [0, 0.1) is 5.92 Å². The molecule has 0 saturated carbocycles. The lowest BCUT2D eigenvalue weighted by Crippen LogP contribution is -2.63. The van der Waals surface area contributed by atoms with Gasteiger partial charge in [-0.1, -0.05) is 44.2 Å². The Kier molecular flexibility index (Phi) is 17.0. The zero-order chi connectivity index (χ0) is 40.0. The van der Waals surface area contributed by atoms with Gasteiger partial charge < -0.3 is 46.1 Å². The summed E-state index contributed by atoms with van der Waals surface area (Å²) in [5.74, 6) is -2.04. The first-order valence-corrected chi connectivity index (χ1v) is 18.4. The van der Waals surface area contributed by atoms with Crippen LogP contribution in [0.2, 0.25) is 0 Å². The minimum Gasteiger partial charge on any atom is -0.467 e. The topological polar surface area (TPSA) is 207 Å². The van der Waals surface area contributed by atoms with Crippen molar-refractivity contribution in [3.05, 3.63) is 35.9 Å². The molecular formula is C38H62N6O9. The standard InChI is InChI=1S/C38H62N6O9/c1-25(2)23-29(42-30(45)27(39)24-26-15-11-10-12-16-26)31(46)41-28(17-13-14-20-40-34(49)52-36(3,4)5)32(47)44-21-18-38(19-22-44,33(48)51-9)43-35(50)53-37(6,7)8/h10-12,15-16,25,27-29H,13-14,17-24,39H2,1-9H3,(H,40,49)(H,41,46)(H,42,45)(H,43,50)/t27-,28-,29-/m1/s1. The number of benzene rings is 1. The molecule has 5 amide bonds. The number of hydrogen-bond acceptors (Lipinski definition) is 10. The molecular weight excluding hydrogens is 684 g/mol. The second-order valence-electron chi connectivity index (χ2n) is 16.0. The number of nitrogens with zero attached hydrogens (tertiary/aromatic N) is 1. The maximum Gasteiger partial charge on any atom is 0.408 e. The molecule has 53 heavy (non-hydrogen) atoms. The molecule has 1 aliphatic heterocycles. The average molecular weight is 747 g/mol. The minimum absolute atomic E-state index is 0.0236. The van der Waals surface area contributed by atoms with Gasteiger partial charge in [0, 0.05) is 19.6 Å². The second kappa shape index (κ2) is 20.2. The van der Waals surface area contributed by atoms with E-state index >= 15 is 0 Å². The summed E-state index contributed by atoms with van der Waals surface area (Å²) in [7, 11) is 1.22. The first-order valence-electron chi connectivity index (χ1n) is 18.4. The molecule has 0 aromatic heterocycles. The third kappa shape index (κ3) is 16.0. The van der Waals surface area contributed by atoms with E-state index in [-0.39, 0.29) is 57.1 Å². The number of piperidine rings is 1. The summed E-state index contributed by atoms with van der Waals surface area (Å²) in [6.07, 6.45) is 0.524. The van der Waals surface area contributed by atoms with Crippen LogP contribution < -0.4 is 27.0 Å². The Morgan fingerprint density at radius 1 is 0.830 bits per heavy atom. The van der Waals surface area contributed by atoms with E-state index in [4.69, 9.17) is 19.9 Å². The quantitative estimate of drug-likeness (QED) is 0.0948. The number of esters is 1. The highest BCUT2D eigenvalue weighted by Crippen LogP contribution is 2.26. The van der Waals surface area contributed by atoms with Gasteiger partial charge >= 0.3 is 18.2 Å². The fraction of sp³-hybridized carbons (Fsp3) is 0.684. The van der Waals surface area contributed by atoms with E-state index in [2.05, 4.69) is 21.3 Å². The summed E-state index contributed by atoms with van der Waals surface area (Å²) in [6.45, 7) is 14.7. The minimum atomic E-state index is -1.41. The summed E-state index contributed by atoms with van der Waals surface area (Å²) in [4.78, 5) is 80.4. The van der Waals surface area contributed by atoms with E-state index in [9.17, 15) is 28.8 Å². The number of unbranched alkanes of at least 4 members (excludes halogenated alkanes) is 1. The van der Waals surface area contributed by atoms with Crippen LogP contribution in [0.3, 0.4) is 0 Å². The first-order chi connectivity index (χ1) is 24.6. The average Bonchev–Trinajstić information content (AvgIpc) is 3.05. The van der Waals surface area contributed by atoms with Crippen molar-refractivity contribution >= 4 is 35.9 Å². The number of alkyl carbamates (subject to hydrolysis) is 2. The molecule has 1 fully saturated rings. The van der Waals surface area contributed by atoms with Crippen LogP contribution in [0.1, 0.15) is 99.5 Å². The molecule has 0 spiro atoms. The van der Waals surface area contributed by atoms with Gasteiger partial charge in [-0.05, 0) is 98.0 Å². The van der Waals surface area contributed by atoms with E-state index in [1.807, 2.05) is 44.2 Å². The van der Waals surface area contributed by atoms with Crippen LogP contribution in [-0.2, 0) is 39.8 Å². The number of nitrogens with one attached hydrogen (secondary N) is 4. The number of nitrogens with two attached hydrogens (primary N) is 1. The van der Waals surface area contributed by atoms with Gasteiger partial charge in [-0.15, -0.1) is 0 Å². The summed E-state index contributed by atoms with van der Waals surface area (Å²) in [5, 5.41) is 11.0. The van der Waals surface area contributed by atoms with Gasteiger partial charge in [0.1, 0.15) is 28.8 Å². The number of likely N-dealkylation sites (tertiary alicyclic amines) is 1. The van der Waals surface area contributed by atoms with Crippen molar-refractivity contribution in [2.45, 2.75) is 135 Å². The maximum absolute atomic E-state index is 14.1. The van der Waals surface area contributed by atoms with Gasteiger partial charge in [-0.3, -0.25) is 14.4 Å². The van der Waals surface area contributed by atoms with Crippen molar-refractivity contribution in [1.82, 2.24) is 26.2 Å². The lowest BCUT2D eigenvalue weighted by atomic mass is 9.87. The Bertz CT molecular complexity index is 1380. The number of carbonyl (C=O) groups excluding carboxylic acids is 6. The molecule has 0 aliphatic carbocycles. The van der Waals surface area contributed by atoms with Crippen molar-refractivity contribution in [3.8, 4) is 0 Å². The second-order valence-corrected chi connectivity index (χ2v) is 16.0. The molecule has 2 rings (SSSR count). The summed E-state index contributed by atoms with van der Waals surface area (Å²) >= 11 is 0. The van der Waals surface area contributed by atoms with Gasteiger partial charge in [0.15, 0.2) is 0 Å². The molecule has 1 saturated heterocycles. The van der Waals surface area contributed by atoms with Crippen molar-refractivity contribution in [2.75, 3.05) is 26.7 Å². The van der Waals surface area contributed by atoms with Crippen molar-refractivity contribution in [2.24, 2.45) is 11.7 Å². The normalized spacial score (nSPS) is 16.0. The zero-order valence-electron chi connectivity index (χ0n) is 33.0. The summed E-state index contributed by atoms with van der Waals surface area (Å²) in [6, 6.07) is 6.48. The van der Waals surface area contributed by atoms with Crippen molar-refractivity contribution < 1.29 is 43.0 Å². The Hall–Kier alpha value is -4.40. The number of rotatable bonds is 16. The van der Waals surface area contributed by atoms with Gasteiger partial charge in [0.05, 0.1) is 13.2 Å². The van der Waals surface area contributed by atoms with Crippen LogP contribution in [-0.4, -0.2) is 102 Å². The van der Waals surface area contributed by atoms with Gasteiger partial charge in [0.25, 0.3) is 0 Å². The van der Waals surface area contributed by atoms with Crippen LogP contribution in [0.5, 0.6) is 0 Å². The van der Waals surface area contributed by atoms with E-state index in [0.717, 1.165) is 5.56 Å². The molecule has 298 valence electrons. The Balaban J connectivity index is 2.21. The lowest BCUT2D eigenvalue weighted by molar-refractivity contribution is -0.153. The summed E-state index contributed by atoms with van der Waals surface area (Å²) in [5.41, 5.74) is 4.25. The van der Waals surface area contributed by atoms with E-state index in [0.29, 0.717) is 19.3 Å². The smallest absolute Gasteiger partial charge is 0.408 e. The van der Waals surface area contributed by atoms with Crippen LogP contribution in [0.25, 0.3) is 0 Å². The van der Waals surface area contributed by atoms with Gasteiger partial charge in [0.2, 0.25) is 17.7 Å². The highest BCUT2D eigenvalue weighted by atomic mass is 16.6. The van der Waals surface area contributed by atoms with E-state index in [1.54, 1.807) is 41.5 Å². The Labute approximate surface area is 314 Å². The maximum atomic E-state index is 14.1. The third-order valence-electron chi connectivity index (χ3n) is 8.42. The largest absolute Gasteiger partial charge is 0.467 e. The molecule has 1 aromatic rings. The van der Waals surface area contributed by atoms with Crippen LogP contribution in [0.15, 0.2) is 30.3 Å². The van der Waals surface area contributed by atoms with Gasteiger partial charge in [-0.25, -0.2) is 14.4 Å². The van der Waals surface area contributed by atoms with Crippen LogP contribution >= 0.6 is 0 Å². The molecule has 0 bridgehead atoms. The van der Waals surface area contributed by atoms with Crippen LogP contribution in [0.4, 0.5) is 9.59 Å². The molecule has 15 heteroatoms. The molecule has 0 unspecified atom stereocenters. The fourth-order valence-corrected chi connectivity index (χ4v) is 5.85. The molecule has 1 aliphatic rings. The molecule has 3 atom stereocenters. The van der Waals surface area contributed by atoms with E-state index < -0.39 is 64.8 Å². The Morgan fingerprint density at radius 2 is 1.40 bits per heavy atom. The van der Waals surface area contributed by atoms with Gasteiger partial charge in [-0.2, -0.15) is 0 Å². The first kappa shape index (κ1) is 44.8. The number of hydrogen-bond donors (Lipinski definition) is 5.